The molecule has 0 aliphatic carbocycles. The Morgan fingerprint density at radius 2 is 1.70 bits per heavy atom. The standard InChI is InChI=1S/C31H42ClFN2O5/c1-6-9-14-30(15-10-7-2,27-20-34(4)21-40-27)31(29(37)38,16-11-8-3)35-19-26(39-5)24(18-28(35)36)23-17-22(32)12-13-25(23)33/h12-13,17-20H,6-11,14-16,21H2,1-5H3,(H,37,38). The number of unbranched alkanes of at least 4 members (excludes halogenated alkanes) is 3. The fourth-order valence-electron chi connectivity index (χ4n) is 5.98. The van der Waals surface area contributed by atoms with Gasteiger partial charge in [-0.3, -0.25) is 9.36 Å². The molecule has 0 saturated carbocycles. The molecule has 0 spiro atoms. The van der Waals surface area contributed by atoms with Crippen LogP contribution in [0.15, 0.2) is 47.2 Å². The molecule has 1 unspecified atom stereocenters. The van der Waals surface area contributed by atoms with Gasteiger partial charge in [0.15, 0.2) is 12.3 Å². The smallest absolute Gasteiger partial charge is 0.331 e. The van der Waals surface area contributed by atoms with E-state index in [2.05, 4.69) is 13.8 Å². The van der Waals surface area contributed by atoms with Crippen LogP contribution in [0, 0.1) is 11.2 Å². The zero-order valence-corrected chi connectivity index (χ0v) is 25.0. The van der Waals surface area contributed by atoms with Crippen LogP contribution >= 0.6 is 11.6 Å². The summed E-state index contributed by atoms with van der Waals surface area (Å²) in [4.78, 5) is 29.7. The first-order valence-electron chi connectivity index (χ1n) is 14.2. The van der Waals surface area contributed by atoms with Gasteiger partial charge in [0.25, 0.3) is 5.56 Å². The molecule has 2 aromatic rings. The molecule has 0 radical (unpaired) electrons. The second kappa shape index (κ2) is 13.6. The maximum atomic E-state index is 14.9. The molecular formula is C31H42ClFN2O5. The number of carboxylic acids is 1. The number of aromatic nitrogens is 1. The number of carbonyl (C=O) groups is 1. The van der Waals surface area contributed by atoms with E-state index in [0.717, 1.165) is 32.1 Å². The average Bonchev–Trinajstić information content (AvgIpc) is 3.38. The third-order valence-electron chi connectivity index (χ3n) is 8.05. The molecule has 1 aromatic heterocycles. The minimum atomic E-state index is -1.68. The summed E-state index contributed by atoms with van der Waals surface area (Å²) in [5.74, 6) is -0.895. The number of ether oxygens (including phenoxy) is 2. The summed E-state index contributed by atoms with van der Waals surface area (Å²) in [5.41, 5.74) is -2.93. The lowest BCUT2D eigenvalue weighted by atomic mass is 9.60. The monoisotopic (exact) mass is 576 g/mol. The number of benzene rings is 1. The van der Waals surface area contributed by atoms with Gasteiger partial charge in [-0.05, 0) is 37.5 Å². The van der Waals surface area contributed by atoms with Crippen LogP contribution in [0.4, 0.5) is 4.39 Å². The Morgan fingerprint density at radius 3 is 2.23 bits per heavy atom. The van der Waals surface area contributed by atoms with Crippen molar-refractivity contribution < 1.29 is 23.8 Å². The Bertz CT molecular complexity index is 1270. The van der Waals surface area contributed by atoms with Crippen molar-refractivity contribution in [2.45, 2.75) is 84.1 Å². The zero-order chi connectivity index (χ0) is 29.5. The molecule has 1 aliphatic rings. The number of rotatable bonds is 15. The second-order valence-electron chi connectivity index (χ2n) is 10.7. The molecule has 0 saturated heterocycles. The van der Waals surface area contributed by atoms with E-state index in [1.54, 1.807) is 0 Å². The van der Waals surface area contributed by atoms with E-state index in [9.17, 15) is 19.1 Å². The number of allylic oxidation sites excluding steroid dienone is 1. The third kappa shape index (κ3) is 5.87. The Kier molecular flexibility index (Phi) is 10.7. The van der Waals surface area contributed by atoms with Crippen LogP contribution < -0.4 is 10.3 Å². The van der Waals surface area contributed by atoms with Crippen molar-refractivity contribution in [2.24, 2.45) is 5.41 Å². The molecule has 0 amide bonds. The Hall–Kier alpha value is -3.00. The molecule has 220 valence electrons. The first-order chi connectivity index (χ1) is 19.1. The topological polar surface area (TPSA) is 81.0 Å². The number of methoxy groups -OCH3 is 1. The Morgan fingerprint density at radius 1 is 1.07 bits per heavy atom. The SMILES string of the molecule is CCCCC(CCCC)(C1=CN(C)CO1)C(CCCC)(C(=O)O)n1cc(OC)c(-c2cc(Cl)ccc2F)cc1=O. The maximum Gasteiger partial charge on any atom is 0.331 e. The highest BCUT2D eigenvalue weighted by Crippen LogP contribution is 2.55. The molecular weight excluding hydrogens is 535 g/mol. The van der Waals surface area contributed by atoms with Crippen molar-refractivity contribution in [3.05, 3.63) is 63.6 Å². The van der Waals surface area contributed by atoms with E-state index >= 15 is 0 Å². The molecule has 1 N–H and O–H groups in total. The van der Waals surface area contributed by atoms with Gasteiger partial charge >= 0.3 is 5.97 Å². The first-order valence-corrected chi connectivity index (χ1v) is 14.5. The first kappa shape index (κ1) is 31.5. The highest BCUT2D eigenvalue weighted by atomic mass is 35.5. The van der Waals surface area contributed by atoms with Gasteiger partial charge in [0.2, 0.25) is 0 Å². The summed E-state index contributed by atoms with van der Waals surface area (Å²) in [7, 11) is 3.30. The van der Waals surface area contributed by atoms with Gasteiger partial charge in [0, 0.05) is 35.5 Å². The zero-order valence-electron chi connectivity index (χ0n) is 24.3. The van der Waals surface area contributed by atoms with Crippen molar-refractivity contribution in [2.75, 3.05) is 20.9 Å². The number of halogens is 2. The number of aliphatic carboxylic acids is 1. The van der Waals surface area contributed by atoms with Gasteiger partial charge in [0.1, 0.15) is 17.3 Å². The third-order valence-corrected chi connectivity index (χ3v) is 8.29. The van der Waals surface area contributed by atoms with Crippen molar-refractivity contribution in [1.29, 1.82) is 0 Å². The molecule has 0 fully saturated rings. The van der Waals surface area contributed by atoms with E-state index < -0.39 is 28.3 Å². The molecule has 40 heavy (non-hydrogen) atoms. The highest BCUT2D eigenvalue weighted by molar-refractivity contribution is 6.30. The number of hydrogen-bond acceptors (Lipinski definition) is 5. The van der Waals surface area contributed by atoms with Crippen LogP contribution in [0.1, 0.15) is 78.6 Å². The predicted octanol–water partition coefficient (Wildman–Crippen LogP) is 7.41. The molecule has 7 nitrogen and oxygen atoms in total. The largest absolute Gasteiger partial charge is 0.495 e. The van der Waals surface area contributed by atoms with E-state index in [4.69, 9.17) is 21.1 Å². The van der Waals surface area contributed by atoms with Gasteiger partial charge in [-0.15, -0.1) is 0 Å². The normalized spacial score (nSPS) is 15.0. The molecule has 1 aliphatic heterocycles. The molecule has 1 aromatic carbocycles. The lowest BCUT2D eigenvalue weighted by Gasteiger charge is -2.49. The molecule has 1 atom stereocenters. The Labute approximate surface area is 241 Å². The number of pyridine rings is 1. The van der Waals surface area contributed by atoms with Crippen molar-refractivity contribution in [3.8, 4) is 16.9 Å². The predicted molar refractivity (Wildman–Crippen MR) is 156 cm³/mol. The van der Waals surface area contributed by atoms with Crippen LogP contribution in [-0.2, 0) is 15.1 Å². The van der Waals surface area contributed by atoms with E-state index in [1.165, 1.54) is 42.1 Å². The summed E-state index contributed by atoms with van der Waals surface area (Å²) in [6, 6.07) is 5.35. The van der Waals surface area contributed by atoms with Crippen molar-refractivity contribution in [3.63, 3.8) is 0 Å². The van der Waals surface area contributed by atoms with E-state index in [1.807, 2.05) is 25.1 Å². The van der Waals surface area contributed by atoms with Gasteiger partial charge in [0.05, 0.1) is 18.7 Å². The minimum Gasteiger partial charge on any atom is -0.495 e. The fraction of sp³-hybridized carbons (Fsp3) is 0.548. The molecule has 9 heteroatoms. The number of carboxylic acid groups (broad SMARTS) is 1. The summed E-state index contributed by atoms with van der Waals surface area (Å²) in [6.45, 7) is 6.45. The van der Waals surface area contributed by atoms with Crippen LogP contribution in [0.2, 0.25) is 5.02 Å². The minimum absolute atomic E-state index is 0.106. The highest BCUT2D eigenvalue weighted by Gasteiger charge is 2.61. The van der Waals surface area contributed by atoms with E-state index in [-0.39, 0.29) is 23.3 Å². The van der Waals surface area contributed by atoms with Crippen molar-refractivity contribution in [1.82, 2.24) is 9.47 Å². The molecule has 3 rings (SSSR count). The fourth-order valence-corrected chi connectivity index (χ4v) is 6.15. The average molecular weight is 577 g/mol. The van der Waals surface area contributed by atoms with Gasteiger partial charge in [-0.2, -0.15) is 0 Å². The van der Waals surface area contributed by atoms with Gasteiger partial charge in [-0.25, -0.2) is 9.18 Å². The lowest BCUT2D eigenvalue weighted by molar-refractivity contribution is -0.159. The van der Waals surface area contributed by atoms with Gasteiger partial charge in [-0.1, -0.05) is 70.9 Å². The quantitative estimate of drug-likeness (QED) is 0.238. The molecule has 0 bridgehead atoms. The number of hydrogen-bond donors (Lipinski definition) is 1. The maximum absolute atomic E-state index is 14.9. The van der Waals surface area contributed by atoms with Crippen molar-refractivity contribution >= 4 is 17.6 Å². The van der Waals surface area contributed by atoms with Gasteiger partial charge < -0.3 is 19.5 Å². The number of nitrogens with zero attached hydrogens (tertiary/aromatic N) is 2. The van der Waals surface area contributed by atoms with Crippen LogP contribution in [-0.4, -0.2) is 41.4 Å². The second-order valence-corrected chi connectivity index (χ2v) is 11.1. The molecule has 2 heterocycles. The lowest BCUT2D eigenvalue weighted by Crippen LogP contribution is -2.59. The van der Waals surface area contributed by atoms with Crippen LogP contribution in [0.25, 0.3) is 11.1 Å². The summed E-state index contributed by atoms with van der Waals surface area (Å²) in [5, 5.41) is 11.5. The summed E-state index contributed by atoms with van der Waals surface area (Å²) >= 11 is 6.15. The summed E-state index contributed by atoms with van der Waals surface area (Å²) < 4.78 is 28.1. The Balaban J connectivity index is 2.44. The summed E-state index contributed by atoms with van der Waals surface area (Å²) in [6.07, 6.45) is 9.12. The van der Waals surface area contributed by atoms with Crippen LogP contribution in [0.3, 0.4) is 0 Å². The van der Waals surface area contributed by atoms with E-state index in [0.29, 0.717) is 36.8 Å². The van der Waals surface area contributed by atoms with Crippen LogP contribution in [0.5, 0.6) is 5.75 Å².